The summed E-state index contributed by atoms with van der Waals surface area (Å²) in [6.07, 6.45) is 1.57. The molecule has 0 spiro atoms. The van der Waals surface area contributed by atoms with Crippen LogP contribution in [0.15, 0.2) is 42.6 Å². The Morgan fingerprint density at radius 2 is 1.69 bits per heavy atom. The van der Waals surface area contributed by atoms with Gasteiger partial charge in [-0.3, -0.25) is 14.7 Å². The fraction of sp³-hybridized carbons (Fsp3) is 0.333. The molecule has 1 amide bonds. The highest BCUT2D eigenvalue weighted by Crippen LogP contribution is 2.32. The number of likely N-dealkylation sites (N-methyl/N-ethyl adjacent to an activating group) is 1. The van der Waals surface area contributed by atoms with Gasteiger partial charge in [-0.25, -0.2) is 9.97 Å². The van der Waals surface area contributed by atoms with Crippen LogP contribution < -0.4 is 4.90 Å². The van der Waals surface area contributed by atoms with Crippen molar-refractivity contribution in [2.24, 2.45) is 0 Å². The first-order valence-electron chi connectivity index (χ1n) is 10.6. The van der Waals surface area contributed by atoms with Gasteiger partial charge in [-0.1, -0.05) is 43.4 Å². The highest BCUT2D eigenvalue weighted by molar-refractivity contribution is 7.22. The lowest BCUT2D eigenvalue weighted by Crippen LogP contribution is -2.39. The van der Waals surface area contributed by atoms with Gasteiger partial charge in [0.05, 0.1) is 27.4 Å². The minimum Gasteiger partial charge on any atom is -0.302 e. The van der Waals surface area contributed by atoms with E-state index >= 15 is 0 Å². The molecule has 2 heterocycles. The number of fused-ring (bicyclic) bond motifs is 2. The number of hydrogen-bond donors (Lipinski definition) is 0. The Labute approximate surface area is 198 Å². The zero-order valence-electron chi connectivity index (χ0n) is 18.8. The molecule has 0 fully saturated rings. The van der Waals surface area contributed by atoms with Crippen LogP contribution in [0, 0.1) is 13.8 Å². The summed E-state index contributed by atoms with van der Waals surface area (Å²) in [5.41, 5.74) is 5.15. The van der Waals surface area contributed by atoms with E-state index in [4.69, 9.17) is 4.98 Å². The average Bonchev–Trinajstić information content (AvgIpc) is 3.23. The summed E-state index contributed by atoms with van der Waals surface area (Å²) in [4.78, 5) is 31.5. The third kappa shape index (κ3) is 4.75. The number of thiazole rings is 1. The topological polar surface area (TPSA) is 62.2 Å². The minimum absolute atomic E-state index is 0. The Bertz CT molecular complexity index is 1240. The van der Waals surface area contributed by atoms with Crippen LogP contribution in [-0.4, -0.2) is 51.9 Å². The molecule has 2 aromatic heterocycles. The standard InChI is InChI=1S/C24H27N5OS.ClH/c1-5-28(6-2)13-14-29(24-27-22-17(4)16(3)11-12-21(22)31-24)23(30)20-15-25-18-9-7-8-10-19(18)26-20;/h7-12,15H,5-6,13-14H2,1-4H3;1H. The second-order valence-electron chi connectivity index (χ2n) is 7.58. The number of anilines is 1. The van der Waals surface area contributed by atoms with E-state index in [9.17, 15) is 4.79 Å². The van der Waals surface area contributed by atoms with Crippen molar-refractivity contribution in [2.45, 2.75) is 27.7 Å². The van der Waals surface area contributed by atoms with Crippen molar-refractivity contribution in [2.75, 3.05) is 31.1 Å². The van der Waals surface area contributed by atoms with Crippen LogP contribution in [0.3, 0.4) is 0 Å². The van der Waals surface area contributed by atoms with Crippen molar-refractivity contribution in [3.63, 3.8) is 0 Å². The SMILES string of the molecule is CCN(CC)CCN(C(=O)c1cnc2ccccc2n1)c1nc2c(C)c(C)ccc2s1.Cl. The minimum atomic E-state index is -0.168. The molecule has 6 nitrogen and oxygen atoms in total. The normalized spacial score (nSPS) is 11.2. The second kappa shape index (κ2) is 10.3. The summed E-state index contributed by atoms with van der Waals surface area (Å²) >= 11 is 1.55. The van der Waals surface area contributed by atoms with E-state index in [-0.39, 0.29) is 18.3 Å². The molecule has 0 unspecified atom stereocenters. The Balaban J connectivity index is 0.00000289. The van der Waals surface area contributed by atoms with E-state index in [1.54, 1.807) is 22.4 Å². The molecule has 32 heavy (non-hydrogen) atoms. The molecule has 168 valence electrons. The van der Waals surface area contributed by atoms with Crippen molar-refractivity contribution >= 4 is 56.0 Å². The molecule has 0 aliphatic carbocycles. The van der Waals surface area contributed by atoms with Crippen molar-refractivity contribution in [1.82, 2.24) is 19.9 Å². The predicted octanol–water partition coefficient (Wildman–Crippen LogP) is 5.27. The highest BCUT2D eigenvalue weighted by atomic mass is 35.5. The third-order valence-corrected chi connectivity index (χ3v) is 6.80. The number of amides is 1. The van der Waals surface area contributed by atoms with Gasteiger partial charge in [0, 0.05) is 13.1 Å². The predicted molar refractivity (Wildman–Crippen MR) is 135 cm³/mol. The number of hydrogen-bond acceptors (Lipinski definition) is 6. The first kappa shape index (κ1) is 24.0. The molecule has 0 aliphatic rings. The number of carbonyl (C=O) groups is 1. The molecule has 0 radical (unpaired) electrons. The van der Waals surface area contributed by atoms with Gasteiger partial charge in [0.1, 0.15) is 5.69 Å². The van der Waals surface area contributed by atoms with Crippen molar-refractivity contribution in [3.05, 3.63) is 59.4 Å². The van der Waals surface area contributed by atoms with Gasteiger partial charge in [-0.2, -0.15) is 0 Å². The summed E-state index contributed by atoms with van der Waals surface area (Å²) in [7, 11) is 0. The molecule has 0 saturated heterocycles. The maximum atomic E-state index is 13.6. The lowest BCUT2D eigenvalue weighted by molar-refractivity contribution is 0.0979. The second-order valence-corrected chi connectivity index (χ2v) is 8.59. The zero-order chi connectivity index (χ0) is 22.0. The molecule has 0 aliphatic heterocycles. The van der Waals surface area contributed by atoms with E-state index in [1.165, 1.54) is 5.56 Å². The number of carbonyl (C=O) groups excluding carboxylic acids is 1. The maximum Gasteiger partial charge on any atom is 0.280 e. The number of halogens is 1. The lowest BCUT2D eigenvalue weighted by Gasteiger charge is -2.24. The van der Waals surface area contributed by atoms with Crippen LogP contribution >= 0.6 is 23.7 Å². The monoisotopic (exact) mass is 469 g/mol. The Hall–Kier alpha value is -2.61. The van der Waals surface area contributed by atoms with E-state index in [0.29, 0.717) is 22.9 Å². The zero-order valence-corrected chi connectivity index (χ0v) is 20.5. The first-order valence-corrected chi connectivity index (χ1v) is 11.5. The van der Waals surface area contributed by atoms with E-state index in [0.717, 1.165) is 40.9 Å². The van der Waals surface area contributed by atoms with Crippen LogP contribution in [0.25, 0.3) is 21.3 Å². The highest BCUT2D eigenvalue weighted by Gasteiger charge is 2.24. The smallest absolute Gasteiger partial charge is 0.280 e. The summed E-state index contributed by atoms with van der Waals surface area (Å²) in [5, 5.41) is 0.704. The van der Waals surface area contributed by atoms with Gasteiger partial charge in [-0.05, 0) is 56.3 Å². The molecule has 0 atom stereocenters. The molecule has 0 saturated carbocycles. The van der Waals surface area contributed by atoms with E-state index in [2.05, 4.69) is 54.7 Å². The first-order chi connectivity index (χ1) is 15.0. The van der Waals surface area contributed by atoms with Gasteiger partial charge in [0.2, 0.25) is 0 Å². The van der Waals surface area contributed by atoms with Crippen LogP contribution in [0.2, 0.25) is 0 Å². The number of para-hydroxylation sites is 2. The molecule has 8 heteroatoms. The van der Waals surface area contributed by atoms with Gasteiger partial charge in [0.15, 0.2) is 5.13 Å². The van der Waals surface area contributed by atoms with Crippen molar-refractivity contribution < 1.29 is 4.79 Å². The van der Waals surface area contributed by atoms with Crippen LogP contribution in [0.1, 0.15) is 35.5 Å². The molecule has 4 aromatic rings. The molecule has 0 N–H and O–H groups in total. The van der Waals surface area contributed by atoms with Crippen molar-refractivity contribution in [3.8, 4) is 0 Å². The Morgan fingerprint density at radius 1 is 0.969 bits per heavy atom. The molecule has 2 aromatic carbocycles. The summed E-state index contributed by atoms with van der Waals surface area (Å²) < 4.78 is 1.09. The maximum absolute atomic E-state index is 13.6. The fourth-order valence-electron chi connectivity index (χ4n) is 3.59. The Kier molecular flexibility index (Phi) is 7.77. The average molecular weight is 470 g/mol. The summed E-state index contributed by atoms with van der Waals surface area (Å²) in [5.74, 6) is -0.168. The molecular formula is C24H28ClN5OS. The van der Waals surface area contributed by atoms with Crippen molar-refractivity contribution in [1.29, 1.82) is 0 Å². The number of benzene rings is 2. The van der Waals surface area contributed by atoms with E-state index < -0.39 is 0 Å². The van der Waals surface area contributed by atoms with E-state index in [1.807, 2.05) is 24.3 Å². The van der Waals surface area contributed by atoms with Gasteiger partial charge in [-0.15, -0.1) is 12.4 Å². The number of rotatable bonds is 7. The fourth-order valence-corrected chi connectivity index (χ4v) is 4.64. The Morgan fingerprint density at radius 3 is 2.41 bits per heavy atom. The lowest BCUT2D eigenvalue weighted by atomic mass is 10.1. The quantitative estimate of drug-likeness (QED) is 0.369. The molecular weight excluding hydrogens is 442 g/mol. The number of aromatic nitrogens is 3. The van der Waals surface area contributed by atoms with Gasteiger partial charge in [0.25, 0.3) is 5.91 Å². The van der Waals surface area contributed by atoms with Gasteiger partial charge < -0.3 is 4.90 Å². The molecule has 0 bridgehead atoms. The third-order valence-electron chi connectivity index (χ3n) is 5.75. The van der Waals surface area contributed by atoms with Crippen LogP contribution in [-0.2, 0) is 0 Å². The van der Waals surface area contributed by atoms with Crippen LogP contribution in [0.5, 0.6) is 0 Å². The summed E-state index contributed by atoms with van der Waals surface area (Å²) in [6, 6.07) is 11.8. The number of nitrogens with zero attached hydrogens (tertiary/aromatic N) is 5. The molecule has 4 rings (SSSR count). The van der Waals surface area contributed by atoms with Crippen LogP contribution in [0.4, 0.5) is 5.13 Å². The van der Waals surface area contributed by atoms with Gasteiger partial charge >= 0.3 is 0 Å². The number of aryl methyl sites for hydroxylation is 2. The summed E-state index contributed by atoms with van der Waals surface area (Å²) in [6.45, 7) is 11.6. The largest absolute Gasteiger partial charge is 0.302 e.